The predicted octanol–water partition coefficient (Wildman–Crippen LogP) is 3.30. The molecule has 0 aliphatic rings. The Kier molecular flexibility index (Phi) is 5.43. The van der Waals surface area contributed by atoms with Crippen molar-refractivity contribution >= 4 is 33.5 Å². The average molecular weight is 321 g/mol. The molecule has 0 heterocycles. The lowest BCUT2D eigenvalue weighted by molar-refractivity contribution is -0.140. The van der Waals surface area contributed by atoms with Crippen LogP contribution in [-0.4, -0.2) is 17.1 Å². The maximum absolute atomic E-state index is 11.0. The molecule has 94 valence electrons. The van der Waals surface area contributed by atoms with E-state index < -0.39 is 12.0 Å². The van der Waals surface area contributed by atoms with Crippen molar-refractivity contribution in [1.29, 1.82) is 0 Å². The number of rotatable bonds is 5. The molecule has 5 heteroatoms. The highest BCUT2D eigenvalue weighted by Crippen LogP contribution is 2.23. The summed E-state index contributed by atoms with van der Waals surface area (Å²) in [6.07, 6.45) is 0. The van der Waals surface area contributed by atoms with E-state index in [2.05, 4.69) is 21.2 Å². The minimum Gasteiger partial charge on any atom is -0.480 e. The Balaban J connectivity index is 2.65. The van der Waals surface area contributed by atoms with Crippen LogP contribution in [0.25, 0.3) is 0 Å². The number of nitrogens with one attached hydrogen (secondary N) is 1. The van der Waals surface area contributed by atoms with Crippen molar-refractivity contribution in [2.45, 2.75) is 26.4 Å². The van der Waals surface area contributed by atoms with Crippen LogP contribution in [0.4, 0.5) is 0 Å². The highest BCUT2D eigenvalue weighted by Gasteiger charge is 2.20. The summed E-state index contributed by atoms with van der Waals surface area (Å²) >= 11 is 9.27. The molecular formula is C12H15BrClNO2. The van der Waals surface area contributed by atoms with E-state index in [1.807, 2.05) is 32.0 Å². The zero-order chi connectivity index (χ0) is 13.0. The van der Waals surface area contributed by atoms with Gasteiger partial charge in [0.15, 0.2) is 0 Å². The zero-order valence-corrected chi connectivity index (χ0v) is 12.0. The SMILES string of the molecule is CC(C)[C@H](NCc1ccc(Br)c(Cl)c1)C(=O)O. The van der Waals surface area contributed by atoms with Gasteiger partial charge in [-0.05, 0) is 39.5 Å². The summed E-state index contributed by atoms with van der Waals surface area (Å²) < 4.78 is 0.835. The zero-order valence-electron chi connectivity index (χ0n) is 9.71. The largest absolute Gasteiger partial charge is 0.480 e. The van der Waals surface area contributed by atoms with Gasteiger partial charge in [-0.1, -0.05) is 31.5 Å². The lowest BCUT2D eigenvalue weighted by atomic mass is 10.0. The first-order valence-electron chi connectivity index (χ1n) is 5.32. The normalized spacial score (nSPS) is 12.8. The van der Waals surface area contributed by atoms with Crippen molar-refractivity contribution in [3.05, 3.63) is 33.3 Å². The fourth-order valence-corrected chi connectivity index (χ4v) is 1.94. The summed E-state index contributed by atoms with van der Waals surface area (Å²) in [5.41, 5.74) is 0.963. The second kappa shape index (κ2) is 6.38. The molecule has 17 heavy (non-hydrogen) atoms. The quantitative estimate of drug-likeness (QED) is 0.875. The molecule has 2 N–H and O–H groups in total. The molecule has 1 atom stereocenters. The van der Waals surface area contributed by atoms with Crippen LogP contribution in [-0.2, 0) is 11.3 Å². The number of benzene rings is 1. The van der Waals surface area contributed by atoms with Gasteiger partial charge in [0.1, 0.15) is 6.04 Å². The Morgan fingerprint density at radius 1 is 1.53 bits per heavy atom. The van der Waals surface area contributed by atoms with Gasteiger partial charge in [-0.3, -0.25) is 4.79 Å². The second-order valence-electron chi connectivity index (χ2n) is 4.19. The van der Waals surface area contributed by atoms with Gasteiger partial charge in [0, 0.05) is 11.0 Å². The maximum Gasteiger partial charge on any atom is 0.320 e. The number of aliphatic carboxylic acids is 1. The molecule has 0 aliphatic carbocycles. The van der Waals surface area contributed by atoms with Gasteiger partial charge in [0.05, 0.1) is 5.02 Å². The van der Waals surface area contributed by atoms with Crippen LogP contribution >= 0.6 is 27.5 Å². The van der Waals surface area contributed by atoms with Crippen LogP contribution in [0.1, 0.15) is 19.4 Å². The number of carbonyl (C=O) groups is 1. The third-order valence-electron chi connectivity index (χ3n) is 2.44. The average Bonchev–Trinajstić information content (AvgIpc) is 2.22. The van der Waals surface area contributed by atoms with Gasteiger partial charge in [-0.25, -0.2) is 0 Å². The van der Waals surface area contributed by atoms with Gasteiger partial charge < -0.3 is 10.4 Å². The van der Waals surface area contributed by atoms with E-state index in [-0.39, 0.29) is 5.92 Å². The van der Waals surface area contributed by atoms with Crippen LogP contribution in [0, 0.1) is 5.92 Å². The van der Waals surface area contributed by atoms with Crippen molar-refractivity contribution < 1.29 is 9.90 Å². The molecule has 0 aromatic heterocycles. The minimum atomic E-state index is -0.830. The molecule has 1 aromatic rings. The van der Waals surface area contributed by atoms with Gasteiger partial charge in [-0.2, -0.15) is 0 Å². The van der Waals surface area contributed by atoms with Crippen LogP contribution in [0.2, 0.25) is 5.02 Å². The first-order chi connectivity index (χ1) is 7.91. The van der Waals surface area contributed by atoms with Crippen LogP contribution in [0.15, 0.2) is 22.7 Å². The Bertz CT molecular complexity index is 409. The van der Waals surface area contributed by atoms with E-state index in [0.717, 1.165) is 10.0 Å². The van der Waals surface area contributed by atoms with Crippen molar-refractivity contribution in [2.75, 3.05) is 0 Å². The summed E-state index contributed by atoms with van der Waals surface area (Å²) in [5.74, 6) is -0.790. The highest BCUT2D eigenvalue weighted by atomic mass is 79.9. The highest BCUT2D eigenvalue weighted by molar-refractivity contribution is 9.10. The standard InChI is InChI=1S/C12H15BrClNO2/c1-7(2)11(12(16)17)15-6-8-3-4-9(13)10(14)5-8/h3-5,7,11,15H,6H2,1-2H3,(H,16,17)/t11-/m0/s1. The molecule has 0 bridgehead atoms. The smallest absolute Gasteiger partial charge is 0.320 e. The summed E-state index contributed by atoms with van der Waals surface area (Å²) in [4.78, 5) is 11.0. The van der Waals surface area contributed by atoms with E-state index >= 15 is 0 Å². The van der Waals surface area contributed by atoms with Crippen LogP contribution in [0.3, 0.4) is 0 Å². The lowest BCUT2D eigenvalue weighted by Gasteiger charge is -2.18. The van der Waals surface area contributed by atoms with E-state index in [9.17, 15) is 4.79 Å². The topological polar surface area (TPSA) is 49.3 Å². The van der Waals surface area contributed by atoms with Gasteiger partial charge in [0.2, 0.25) is 0 Å². The number of halogens is 2. The molecule has 1 rings (SSSR count). The van der Waals surface area contributed by atoms with E-state index in [4.69, 9.17) is 16.7 Å². The molecule has 1 aromatic carbocycles. The van der Waals surface area contributed by atoms with Crippen molar-refractivity contribution in [1.82, 2.24) is 5.32 Å². The van der Waals surface area contributed by atoms with E-state index in [1.165, 1.54) is 0 Å². The number of hydrogen-bond donors (Lipinski definition) is 2. The van der Waals surface area contributed by atoms with Gasteiger partial charge in [0.25, 0.3) is 0 Å². The fourth-order valence-electron chi connectivity index (χ4n) is 1.49. The Labute approximate surface area is 114 Å². The maximum atomic E-state index is 11.0. The Morgan fingerprint density at radius 3 is 2.65 bits per heavy atom. The number of carboxylic acid groups (broad SMARTS) is 1. The lowest BCUT2D eigenvalue weighted by Crippen LogP contribution is -2.40. The number of hydrogen-bond acceptors (Lipinski definition) is 2. The molecule has 0 spiro atoms. The van der Waals surface area contributed by atoms with Crippen molar-refractivity contribution in [3.8, 4) is 0 Å². The van der Waals surface area contributed by atoms with E-state index in [1.54, 1.807) is 0 Å². The molecule has 0 unspecified atom stereocenters. The molecule has 0 fully saturated rings. The molecule has 3 nitrogen and oxygen atoms in total. The molecule has 0 saturated carbocycles. The Hall–Kier alpha value is -0.580. The van der Waals surface area contributed by atoms with Crippen molar-refractivity contribution in [3.63, 3.8) is 0 Å². The number of carboxylic acids is 1. The first kappa shape index (κ1) is 14.5. The fraction of sp³-hybridized carbons (Fsp3) is 0.417. The van der Waals surface area contributed by atoms with Crippen LogP contribution < -0.4 is 5.32 Å². The molecule has 0 saturated heterocycles. The minimum absolute atomic E-state index is 0.0402. The van der Waals surface area contributed by atoms with Crippen molar-refractivity contribution in [2.24, 2.45) is 5.92 Å². The summed E-state index contributed by atoms with van der Waals surface area (Å²) in [6, 6.07) is 5.03. The summed E-state index contributed by atoms with van der Waals surface area (Å²) in [5, 5.41) is 12.7. The first-order valence-corrected chi connectivity index (χ1v) is 6.49. The van der Waals surface area contributed by atoms with Gasteiger partial charge >= 0.3 is 5.97 Å². The molecule has 0 radical (unpaired) electrons. The van der Waals surface area contributed by atoms with Gasteiger partial charge in [-0.15, -0.1) is 0 Å². The molecule has 0 amide bonds. The predicted molar refractivity (Wildman–Crippen MR) is 72.3 cm³/mol. The summed E-state index contributed by atoms with van der Waals surface area (Å²) in [6.45, 7) is 4.24. The summed E-state index contributed by atoms with van der Waals surface area (Å²) in [7, 11) is 0. The van der Waals surface area contributed by atoms with E-state index in [0.29, 0.717) is 11.6 Å². The third-order valence-corrected chi connectivity index (χ3v) is 3.68. The molecular weight excluding hydrogens is 305 g/mol. The third kappa shape index (κ3) is 4.30. The Morgan fingerprint density at radius 2 is 2.18 bits per heavy atom. The second-order valence-corrected chi connectivity index (χ2v) is 5.45. The monoisotopic (exact) mass is 319 g/mol. The molecule has 0 aliphatic heterocycles. The van der Waals surface area contributed by atoms with Crippen LogP contribution in [0.5, 0.6) is 0 Å².